The van der Waals surface area contributed by atoms with Crippen molar-refractivity contribution in [1.82, 2.24) is 5.32 Å². The average Bonchev–Trinajstić information content (AvgIpc) is 2.93. The van der Waals surface area contributed by atoms with Gasteiger partial charge in [0.1, 0.15) is 0 Å². The molecule has 3 N–H and O–H groups in total. The Morgan fingerprint density at radius 2 is 2.16 bits per heavy atom. The van der Waals surface area contributed by atoms with Gasteiger partial charge in [0, 0.05) is 23.4 Å². The zero-order valence-electron chi connectivity index (χ0n) is 11.6. The van der Waals surface area contributed by atoms with Crippen LogP contribution in [0.1, 0.15) is 44.0 Å². The lowest BCUT2D eigenvalue weighted by atomic mass is 9.83. The van der Waals surface area contributed by atoms with Crippen molar-refractivity contribution >= 4 is 17.3 Å². The Kier molecular flexibility index (Phi) is 6.48. The molecular weight excluding hydrogens is 262 g/mol. The fraction of sp³-hybridized carbons (Fsp3) is 0.643. The molecule has 108 valence electrons. The molecule has 0 bridgehead atoms. The van der Waals surface area contributed by atoms with Gasteiger partial charge in [0.05, 0.1) is 12.5 Å². The predicted molar refractivity (Wildman–Crippen MR) is 77.4 cm³/mol. The van der Waals surface area contributed by atoms with Crippen LogP contribution >= 0.6 is 11.3 Å². The van der Waals surface area contributed by atoms with E-state index in [1.54, 1.807) is 11.3 Å². The van der Waals surface area contributed by atoms with Gasteiger partial charge in [0.25, 0.3) is 0 Å². The van der Waals surface area contributed by atoms with Gasteiger partial charge in [-0.05, 0) is 24.3 Å². The zero-order valence-corrected chi connectivity index (χ0v) is 12.4. The van der Waals surface area contributed by atoms with Crippen molar-refractivity contribution in [3.63, 3.8) is 0 Å². The number of aliphatic hydroxyl groups excluding tert-OH is 1. The second-order valence-electron chi connectivity index (χ2n) is 4.91. The second-order valence-corrected chi connectivity index (χ2v) is 5.89. The van der Waals surface area contributed by atoms with Crippen LogP contribution in [0.2, 0.25) is 0 Å². The molecule has 0 aliphatic carbocycles. The Balaban J connectivity index is 2.70. The summed E-state index contributed by atoms with van der Waals surface area (Å²) in [6.07, 6.45) is 1.81. The zero-order chi connectivity index (χ0) is 14.3. The number of hydrogen-bond donors (Lipinski definition) is 3. The van der Waals surface area contributed by atoms with Gasteiger partial charge in [-0.2, -0.15) is 0 Å². The van der Waals surface area contributed by atoms with Gasteiger partial charge in [0.2, 0.25) is 0 Å². The highest BCUT2D eigenvalue weighted by molar-refractivity contribution is 7.10. The van der Waals surface area contributed by atoms with Crippen LogP contribution in [0.4, 0.5) is 0 Å². The normalized spacial score (nSPS) is 13.4. The van der Waals surface area contributed by atoms with Crippen LogP contribution in [-0.2, 0) is 4.79 Å². The summed E-state index contributed by atoms with van der Waals surface area (Å²) in [5.74, 6) is -0.812. The molecule has 1 aromatic rings. The first-order chi connectivity index (χ1) is 9.06. The van der Waals surface area contributed by atoms with Crippen molar-refractivity contribution in [3.05, 3.63) is 22.4 Å². The highest BCUT2D eigenvalue weighted by Gasteiger charge is 2.27. The molecule has 0 aliphatic heterocycles. The molecular formula is C14H23NO3S. The number of aliphatic carboxylic acids is 1. The van der Waals surface area contributed by atoms with Crippen LogP contribution in [0.5, 0.6) is 0 Å². The summed E-state index contributed by atoms with van der Waals surface area (Å²) < 4.78 is 0. The number of rotatable bonds is 9. The lowest BCUT2D eigenvalue weighted by molar-refractivity contribution is -0.137. The smallest absolute Gasteiger partial charge is 0.305 e. The molecule has 1 aromatic heterocycles. The van der Waals surface area contributed by atoms with E-state index in [0.29, 0.717) is 6.54 Å². The summed E-state index contributed by atoms with van der Waals surface area (Å²) in [6, 6.07) is 3.70. The molecule has 1 unspecified atom stereocenters. The van der Waals surface area contributed by atoms with Gasteiger partial charge in [-0.15, -0.1) is 11.3 Å². The summed E-state index contributed by atoms with van der Waals surface area (Å²) in [7, 11) is 0. The van der Waals surface area contributed by atoms with Crippen LogP contribution in [0.25, 0.3) is 0 Å². The van der Waals surface area contributed by atoms with Gasteiger partial charge in [-0.1, -0.05) is 19.9 Å². The van der Waals surface area contributed by atoms with E-state index in [9.17, 15) is 9.90 Å². The van der Waals surface area contributed by atoms with Gasteiger partial charge < -0.3 is 15.5 Å². The molecule has 0 fully saturated rings. The Morgan fingerprint density at radius 3 is 2.58 bits per heavy atom. The fourth-order valence-electron chi connectivity index (χ4n) is 2.06. The van der Waals surface area contributed by atoms with Gasteiger partial charge in [0.15, 0.2) is 0 Å². The van der Waals surface area contributed by atoms with E-state index in [0.717, 1.165) is 17.7 Å². The molecule has 0 saturated carbocycles. The summed E-state index contributed by atoms with van der Waals surface area (Å²) in [5.41, 5.74) is -0.159. The number of carboxylic acids is 1. The molecule has 1 heterocycles. The van der Waals surface area contributed by atoms with Crippen molar-refractivity contribution in [2.24, 2.45) is 5.41 Å². The third-order valence-electron chi connectivity index (χ3n) is 3.82. The fourth-order valence-corrected chi connectivity index (χ4v) is 2.86. The second kappa shape index (κ2) is 7.62. The highest BCUT2D eigenvalue weighted by atomic mass is 32.1. The summed E-state index contributed by atoms with van der Waals surface area (Å²) in [5, 5.41) is 23.8. The van der Waals surface area contributed by atoms with E-state index in [-0.39, 0.29) is 24.5 Å². The first kappa shape index (κ1) is 16.1. The number of aliphatic hydroxyl groups is 1. The van der Waals surface area contributed by atoms with Crippen molar-refractivity contribution in [2.45, 2.75) is 39.2 Å². The molecule has 5 heteroatoms. The summed E-state index contributed by atoms with van der Waals surface area (Å²) >= 11 is 1.56. The molecule has 1 rings (SSSR count). The van der Waals surface area contributed by atoms with Crippen LogP contribution < -0.4 is 5.32 Å². The highest BCUT2D eigenvalue weighted by Crippen LogP contribution is 2.28. The average molecular weight is 285 g/mol. The number of hydrogen-bond acceptors (Lipinski definition) is 4. The first-order valence-corrected chi connectivity index (χ1v) is 7.54. The summed E-state index contributed by atoms with van der Waals surface area (Å²) in [6.45, 7) is 4.86. The van der Waals surface area contributed by atoms with E-state index in [4.69, 9.17) is 5.11 Å². The molecule has 0 radical (unpaired) electrons. The maximum absolute atomic E-state index is 11.0. The maximum Gasteiger partial charge on any atom is 0.305 e. The van der Waals surface area contributed by atoms with E-state index in [2.05, 4.69) is 19.2 Å². The van der Waals surface area contributed by atoms with E-state index < -0.39 is 5.97 Å². The SMILES string of the molecule is CCC(CC)(CO)CNC(CC(=O)O)c1cccs1. The minimum Gasteiger partial charge on any atom is -0.481 e. The number of thiophene rings is 1. The Labute approximate surface area is 118 Å². The topological polar surface area (TPSA) is 69.6 Å². The predicted octanol–water partition coefficient (Wildman–Crippen LogP) is 2.65. The Morgan fingerprint density at radius 1 is 1.47 bits per heavy atom. The third kappa shape index (κ3) is 4.60. The third-order valence-corrected chi connectivity index (χ3v) is 4.81. The number of carboxylic acid groups (broad SMARTS) is 1. The van der Waals surface area contributed by atoms with Crippen LogP contribution in [0.15, 0.2) is 17.5 Å². The van der Waals surface area contributed by atoms with Gasteiger partial charge in [-0.25, -0.2) is 0 Å². The maximum atomic E-state index is 11.0. The Hall–Kier alpha value is -0.910. The van der Waals surface area contributed by atoms with E-state index in [1.807, 2.05) is 17.5 Å². The largest absolute Gasteiger partial charge is 0.481 e. The molecule has 0 saturated heterocycles. The van der Waals surface area contributed by atoms with E-state index in [1.165, 1.54) is 0 Å². The van der Waals surface area contributed by atoms with E-state index >= 15 is 0 Å². The van der Waals surface area contributed by atoms with Crippen molar-refractivity contribution < 1.29 is 15.0 Å². The molecule has 0 spiro atoms. The number of nitrogens with one attached hydrogen (secondary N) is 1. The molecule has 0 amide bonds. The first-order valence-electron chi connectivity index (χ1n) is 6.66. The molecule has 0 aliphatic rings. The van der Waals surface area contributed by atoms with Gasteiger partial charge >= 0.3 is 5.97 Å². The summed E-state index contributed by atoms with van der Waals surface area (Å²) in [4.78, 5) is 12.0. The molecule has 0 aromatic carbocycles. The lowest BCUT2D eigenvalue weighted by Crippen LogP contribution is -2.38. The molecule has 4 nitrogen and oxygen atoms in total. The van der Waals surface area contributed by atoms with Crippen molar-refractivity contribution in [2.75, 3.05) is 13.2 Å². The van der Waals surface area contributed by atoms with Gasteiger partial charge in [-0.3, -0.25) is 4.79 Å². The quantitative estimate of drug-likeness (QED) is 0.652. The standard InChI is InChI=1S/C14H23NO3S/c1-3-14(4-2,10-16)9-15-11(8-13(17)18)12-6-5-7-19-12/h5-7,11,15-16H,3-4,8-10H2,1-2H3,(H,17,18). The molecule has 1 atom stereocenters. The lowest BCUT2D eigenvalue weighted by Gasteiger charge is -2.31. The monoisotopic (exact) mass is 285 g/mol. The minimum absolute atomic E-state index is 0.0649. The van der Waals surface area contributed by atoms with Crippen LogP contribution in [0, 0.1) is 5.41 Å². The molecule has 19 heavy (non-hydrogen) atoms. The Bertz CT molecular complexity index is 366. The minimum atomic E-state index is -0.812. The van der Waals surface area contributed by atoms with Crippen LogP contribution in [-0.4, -0.2) is 29.3 Å². The van der Waals surface area contributed by atoms with Crippen molar-refractivity contribution in [1.29, 1.82) is 0 Å². The van der Waals surface area contributed by atoms with Crippen molar-refractivity contribution in [3.8, 4) is 0 Å². The van der Waals surface area contributed by atoms with Crippen LogP contribution in [0.3, 0.4) is 0 Å². The number of carbonyl (C=O) groups is 1.